The number of hydrogen-bond donors (Lipinski definition) is 1. The molecule has 0 rings (SSSR count). The number of nitriles is 1. The van der Waals surface area contributed by atoms with Crippen LogP contribution in [-0.2, 0) is 0 Å². The van der Waals surface area contributed by atoms with Crippen LogP contribution in [0.15, 0.2) is 0 Å². The van der Waals surface area contributed by atoms with Crippen molar-refractivity contribution in [3.05, 3.63) is 0 Å². The van der Waals surface area contributed by atoms with Gasteiger partial charge in [-0.3, -0.25) is 10.2 Å². The Balaban J connectivity index is 4.80. The van der Waals surface area contributed by atoms with Crippen molar-refractivity contribution in [2.24, 2.45) is 5.92 Å². The highest BCUT2D eigenvalue weighted by atomic mass is 15.2. The summed E-state index contributed by atoms with van der Waals surface area (Å²) >= 11 is 0. The number of hydrogen-bond acceptors (Lipinski definition) is 3. The van der Waals surface area contributed by atoms with Crippen LogP contribution >= 0.6 is 0 Å². The van der Waals surface area contributed by atoms with Crippen LogP contribution in [0, 0.1) is 17.2 Å². The molecule has 1 atom stereocenters. The van der Waals surface area contributed by atoms with Gasteiger partial charge in [-0.05, 0) is 38.6 Å². The molecule has 112 valence electrons. The zero-order valence-electron chi connectivity index (χ0n) is 13.8. The molecule has 3 heteroatoms. The molecule has 0 saturated carbocycles. The van der Waals surface area contributed by atoms with Crippen LogP contribution in [0.25, 0.3) is 0 Å². The Hall–Kier alpha value is -0.590. The molecule has 0 aliphatic carbocycles. The van der Waals surface area contributed by atoms with E-state index in [9.17, 15) is 5.26 Å². The lowest BCUT2D eigenvalue weighted by molar-refractivity contribution is 0.136. The summed E-state index contributed by atoms with van der Waals surface area (Å²) in [4.78, 5) is 2.50. The SMILES string of the molecule is CCCNC(C)(C#N)CN(CC(C)C)C(CC)CC. The minimum Gasteiger partial charge on any atom is -0.299 e. The third-order valence-electron chi connectivity index (χ3n) is 3.59. The summed E-state index contributed by atoms with van der Waals surface area (Å²) < 4.78 is 0. The van der Waals surface area contributed by atoms with Gasteiger partial charge in [0.05, 0.1) is 6.07 Å². The van der Waals surface area contributed by atoms with Gasteiger partial charge in [-0.15, -0.1) is 0 Å². The molecule has 1 unspecified atom stereocenters. The molecule has 0 aliphatic rings. The fourth-order valence-electron chi connectivity index (χ4n) is 2.55. The van der Waals surface area contributed by atoms with E-state index in [1.165, 1.54) is 0 Å². The summed E-state index contributed by atoms with van der Waals surface area (Å²) in [6, 6.07) is 3.05. The van der Waals surface area contributed by atoms with Crippen LogP contribution in [0.3, 0.4) is 0 Å². The van der Waals surface area contributed by atoms with Gasteiger partial charge in [0.15, 0.2) is 0 Å². The second-order valence-corrected chi connectivity index (χ2v) is 6.16. The van der Waals surface area contributed by atoms with Gasteiger partial charge >= 0.3 is 0 Å². The second-order valence-electron chi connectivity index (χ2n) is 6.16. The molecule has 0 heterocycles. The number of nitrogens with one attached hydrogen (secondary N) is 1. The minimum atomic E-state index is -0.437. The van der Waals surface area contributed by atoms with Crippen LogP contribution in [0.5, 0.6) is 0 Å². The first kappa shape index (κ1) is 18.4. The predicted molar refractivity (Wildman–Crippen MR) is 83.1 cm³/mol. The van der Waals surface area contributed by atoms with Crippen molar-refractivity contribution in [1.29, 1.82) is 5.26 Å². The lowest BCUT2D eigenvalue weighted by Gasteiger charge is -2.37. The fourth-order valence-corrected chi connectivity index (χ4v) is 2.55. The highest BCUT2D eigenvalue weighted by Crippen LogP contribution is 2.16. The Morgan fingerprint density at radius 2 is 1.79 bits per heavy atom. The van der Waals surface area contributed by atoms with E-state index < -0.39 is 5.54 Å². The van der Waals surface area contributed by atoms with Crippen molar-refractivity contribution in [2.45, 2.75) is 72.4 Å². The Bertz CT molecular complexity index is 266. The summed E-state index contributed by atoms with van der Waals surface area (Å²) in [5.74, 6) is 0.634. The molecule has 0 aliphatic heterocycles. The van der Waals surface area contributed by atoms with Crippen molar-refractivity contribution in [3.8, 4) is 6.07 Å². The average molecular weight is 267 g/mol. The molecule has 1 N–H and O–H groups in total. The van der Waals surface area contributed by atoms with E-state index in [2.05, 4.69) is 50.9 Å². The summed E-state index contributed by atoms with van der Waals surface area (Å²) in [6.45, 7) is 15.9. The third kappa shape index (κ3) is 6.94. The molecule has 0 aromatic rings. The smallest absolute Gasteiger partial charge is 0.116 e. The molecule has 0 aromatic carbocycles. The van der Waals surface area contributed by atoms with Gasteiger partial charge in [0.2, 0.25) is 0 Å². The Morgan fingerprint density at radius 3 is 2.16 bits per heavy atom. The Morgan fingerprint density at radius 1 is 1.21 bits per heavy atom. The van der Waals surface area contributed by atoms with E-state index in [0.29, 0.717) is 12.0 Å². The summed E-state index contributed by atoms with van der Waals surface area (Å²) in [6.07, 6.45) is 3.36. The third-order valence-corrected chi connectivity index (χ3v) is 3.59. The molecule has 0 bridgehead atoms. The van der Waals surface area contributed by atoms with Gasteiger partial charge in [0.1, 0.15) is 5.54 Å². The minimum absolute atomic E-state index is 0.437. The zero-order chi connectivity index (χ0) is 14.9. The van der Waals surface area contributed by atoms with E-state index in [4.69, 9.17) is 0 Å². The molecule has 0 radical (unpaired) electrons. The topological polar surface area (TPSA) is 39.1 Å². The van der Waals surface area contributed by atoms with Crippen molar-refractivity contribution < 1.29 is 0 Å². The van der Waals surface area contributed by atoms with Crippen molar-refractivity contribution in [2.75, 3.05) is 19.6 Å². The Labute approximate surface area is 120 Å². The molecule has 19 heavy (non-hydrogen) atoms. The molecule has 0 fully saturated rings. The first-order chi connectivity index (χ1) is 8.92. The van der Waals surface area contributed by atoms with Gasteiger partial charge < -0.3 is 0 Å². The molecular formula is C16H33N3. The van der Waals surface area contributed by atoms with E-state index in [-0.39, 0.29) is 0 Å². The van der Waals surface area contributed by atoms with Crippen molar-refractivity contribution >= 4 is 0 Å². The average Bonchev–Trinajstić information content (AvgIpc) is 2.37. The molecule has 0 aromatic heterocycles. The van der Waals surface area contributed by atoms with Crippen LogP contribution in [0.4, 0.5) is 0 Å². The second kappa shape index (κ2) is 9.34. The van der Waals surface area contributed by atoms with Crippen LogP contribution in [-0.4, -0.2) is 36.1 Å². The van der Waals surface area contributed by atoms with Crippen molar-refractivity contribution in [3.63, 3.8) is 0 Å². The largest absolute Gasteiger partial charge is 0.299 e. The summed E-state index contributed by atoms with van der Waals surface area (Å²) in [5.41, 5.74) is -0.437. The summed E-state index contributed by atoms with van der Waals surface area (Å²) in [7, 11) is 0. The highest BCUT2D eigenvalue weighted by molar-refractivity contribution is 5.06. The monoisotopic (exact) mass is 267 g/mol. The van der Waals surface area contributed by atoms with Crippen LogP contribution in [0.2, 0.25) is 0 Å². The van der Waals surface area contributed by atoms with E-state index >= 15 is 0 Å². The molecule has 0 amide bonds. The van der Waals surface area contributed by atoms with Gasteiger partial charge in [-0.1, -0.05) is 34.6 Å². The van der Waals surface area contributed by atoms with Crippen LogP contribution < -0.4 is 5.32 Å². The van der Waals surface area contributed by atoms with E-state index in [0.717, 1.165) is 38.9 Å². The first-order valence-corrected chi connectivity index (χ1v) is 7.82. The molecule has 3 nitrogen and oxygen atoms in total. The maximum absolute atomic E-state index is 9.48. The van der Waals surface area contributed by atoms with E-state index in [1.54, 1.807) is 0 Å². The van der Waals surface area contributed by atoms with Gasteiger partial charge in [0.25, 0.3) is 0 Å². The quantitative estimate of drug-likeness (QED) is 0.659. The summed E-state index contributed by atoms with van der Waals surface area (Å²) in [5, 5.41) is 12.9. The first-order valence-electron chi connectivity index (χ1n) is 7.82. The lowest BCUT2D eigenvalue weighted by Crippen LogP contribution is -2.53. The predicted octanol–water partition coefficient (Wildman–Crippen LogP) is 3.41. The fraction of sp³-hybridized carbons (Fsp3) is 0.938. The highest BCUT2D eigenvalue weighted by Gasteiger charge is 2.29. The maximum atomic E-state index is 9.48. The normalized spacial score (nSPS) is 14.9. The van der Waals surface area contributed by atoms with Gasteiger partial charge in [-0.25, -0.2) is 0 Å². The molecule has 0 spiro atoms. The number of nitrogens with zero attached hydrogens (tertiary/aromatic N) is 2. The standard InChI is InChI=1S/C16H33N3/c1-7-10-18-16(6,12-17)13-19(11-14(4)5)15(8-2)9-3/h14-15,18H,7-11,13H2,1-6H3. The van der Waals surface area contributed by atoms with Crippen LogP contribution in [0.1, 0.15) is 60.8 Å². The zero-order valence-corrected chi connectivity index (χ0v) is 13.8. The van der Waals surface area contributed by atoms with Crippen molar-refractivity contribution in [1.82, 2.24) is 10.2 Å². The van der Waals surface area contributed by atoms with Gasteiger partial charge in [-0.2, -0.15) is 5.26 Å². The molecule has 0 saturated heterocycles. The van der Waals surface area contributed by atoms with Gasteiger partial charge in [0, 0.05) is 19.1 Å². The molecular weight excluding hydrogens is 234 g/mol. The maximum Gasteiger partial charge on any atom is 0.116 e. The lowest BCUT2D eigenvalue weighted by atomic mass is 9.99. The Kier molecular flexibility index (Phi) is 9.05. The van der Waals surface area contributed by atoms with E-state index in [1.807, 2.05) is 6.92 Å². The number of rotatable bonds is 10.